The number of carbonyl (C=O) groups is 10. The maximum Gasteiger partial charge on any atom is 0.242 e. The lowest BCUT2D eigenvalue weighted by molar-refractivity contribution is -0.129. The Hall–Kier alpha value is -5.54. The Morgan fingerprint density at radius 2 is 0.360 bits per heavy atom. The molecule has 100 heavy (non-hydrogen) atoms. The maximum absolute atomic E-state index is 13.3. The van der Waals surface area contributed by atoms with Gasteiger partial charge in [-0.25, -0.2) is 0 Å². The molecular weight excluding hydrogens is 1270 g/mol. The maximum atomic E-state index is 13.3. The number of carbonyl (C=O) groups excluding carboxylic acids is 10. The van der Waals surface area contributed by atoms with E-state index < -0.39 is 36.1 Å². The first-order valence-electron chi connectivity index (χ1n) is 39.6. The Balaban J connectivity index is 4.55. The lowest BCUT2D eigenvalue weighted by atomic mass is 10.1. The molecule has 26 heteroatoms. The number of unbranched alkanes of at least 4 members (excludes halogenated alkanes) is 29. The Morgan fingerprint density at radius 3 is 0.560 bits per heavy atom. The fraction of sp³-hybridized carbons (Fsp3) is 0.865. The lowest BCUT2D eigenvalue weighted by Crippen LogP contribution is -2.47. The highest BCUT2D eigenvalue weighted by molar-refractivity contribution is 5.90. The van der Waals surface area contributed by atoms with Crippen LogP contribution in [0.15, 0.2) is 0 Å². The zero-order valence-corrected chi connectivity index (χ0v) is 62.2. The zero-order chi connectivity index (χ0) is 73.7. The summed E-state index contributed by atoms with van der Waals surface area (Å²) in [5.41, 5.74) is 39.4. The summed E-state index contributed by atoms with van der Waals surface area (Å²) in [6.07, 6.45) is 37.8. The molecule has 0 saturated carbocycles. The van der Waals surface area contributed by atoms with Crippen LogP contribution in [-0.2, 0) is 47.9 Å². The molecule has 26 nitrogen and oxygen atoms in total. The molecule has 0 unspecified atom stereocenters. The van der Waals surface area contributed by atoms with Crippen molar-refractivity contribution < 1.29 is 47.9 Å². The predicted molar refractivity (Wildman–Crippen MR) is 401 cm³/mol. The molecule has 0 aromatic heterocycles. The molecule has 0 aromatic rings. The number of rotatable bonds is 73. The first-order valence-corrected chi connectivity index (χ1v) is 39.6. The number of primary amides is 1. The summed E-state index contributed by atoms with van der Waals surface area (Å²) in [5.74, 6) is -2.09. The Labute approximate surface area is 602 Å². The summed E-state index contributed by atoms with van der Waals surface area (Å²) in [6, 6.07) is -3.17. The first kappa shape index (κ1) is 94.5. The van der Waals surface area contributed by atoms with E-state index in [4.69, 9.17) is 40.1 Å². The second kappa shape index (κ2) is 69.2. The third kappa shape index (κ3) is 58.0. The van der Waals surface area contributed by atoms with Crippen molar-refractivity contribution >= 4 is 59.1 Å². The van der Waals surface area contributed by atoms with E-state index in [9.17, 15) is 47.9 Å². The molecule has 582 valence electrons. The Bertz CT molecular complexity index is 2120. The highest BCUT2D eigenvalue weighted by Crippen LogP contribution is 2.15. The number of hydrogen-bond donors (Lipinski definition) is 16. The van der Waals surface area contributed by atoms with Gasteiger partial charge in [0.15, 0.2) is 0 Å². The Kier molecular flexibility index (Phi) is 65.4. The average molecular weight is 1420 g/mol. The number of hydrogen-bond acceptors (Lipinski definition) is 16. The largest absolute Gasteiger partial charge is 0.368 e. The number of nitrogens with one attached hydrogen (secondary N) is 9. The fourth-order valence-electron chi connectivity index (χ4n) is 11.9. The first-order chi connectivity index (χ1) is 48.6. The number of nitrogens with two attached hydrogens (primary N) is 7. The van der Waals surface area contributed by atoms with Crippen molar-refractivity contribution in [3.8, 4) is 0 Å². The monoisotopic (exact) mass is 1420 g/mol. The van der Waals surface area contributed by atoms with E-state index in [2.05, 4.69) is 47.9 Å². The van der Waals surface area contributed by atoms with Crippen molar-refractivity contribution in [1.82, 2.24) is 47.9 Å². The van der Waals surface area contributed by atoms with Gasteiger partial charge in [-0.3, -0.25) is 47.9 Å². The minimum atomic E-state index is -0.678. The average Bonchev–Trinajstić information content (AvgIpc) is 1.05. The molecule has 0 saturated heterocycles. The van der Waals surface area contributed by atoms with Crippen LogP contribution in [0.2, 0.25) is 0 Å². The van der Waals surface area contributed by atoms with Crippen LogP contribution >= 0.6 is 0 Å². The van der Waals surface area contributed by atoms with E-state index in [0.717, 1.165) is 173 Å². The summed E-state index contributed by atoms with van der Waals surface area (Å²) >= 11 is 0. The molecule has 0 bridgehead atoms. The molecule has 0 aliphatic carbocycles. The third-order valence-corrected chi connectivity index (χ3v) is 18.1. The molecule has 0 heterocycles. The van der Waals surface area contributed by atoms with Gasteiger partial charge in [-0.1, -0.05) is 122 Å². The third-order valence-electron chi connectivity index (χ3n) is 18.1. The molecule has 23 N–H and O–H groups in total. The molecular formula is C74H146N16O10. The summed E-state index contributed by atoms with van der Waals surface area (Å²) in [6.45, 7) is 5.26. The predicted octanol–water partition coefficient (Wildman–Crippen LogP) is 6.23. The molecule has 0 fully saturated rings. The summed E-state index contributed by atoms with van der Waals surface area (Å²) < 4.78 is 0. The van der Waals surface area contributed by atoms with Crippen molar-refractivity contribution in [3.63, 3.8) is 0 Å². The molecule has 0 radical (unpaired) electrons. The molecule has 0 rings (SSSR count). The normalized spacial score (nSPS) is 12.7. The van der Waals surface area contributed by atoms with Crippen LogP contribution in [0.4, 0.5) is 0 Å². The van der Waals surface area contributed by atoms with Crippen LogP contribution in [0.5, 0.6) is 0 Å². The van der Waals surface area contributed by atoms with Crippen LogP contribution in [0.1, 0.15) is 315 Å². The molecule has 0 aromatic carbocycles. The van der Waals surface area contributed by atoms with E-state index in [-0.39, 0.29) is 53.2 Å². The van der Waals surface area contributed by atoms with E-state index in [1.54, 1.807) is 0 Å². The van der Waals surface area contributed by atoms with Crippen LogP contribution in [-0.4, -0.2) is 155 Å². The molecule has 10 amide bonds. The Morgan fingerprint density at radius 1 is 0.200 bits per heavy atom. The summed E-state index contributed by atoms with van der Waals surface area (Å²) in [5, 5.41) is 26.5. The van der Waals surface area contributed by atoms with Gasteiger partial charge in [-0.2, -0.15) is 0 Å². The second-order valence-electron chi connectivity index (χ2n) is 27.4. The standard InChI is InChI=1S/C74H146N16O10/c75-50-30-15-5-3-1-2-4-10-20-46-66(92)87-61(41-26-32-52-77)71(97)83-57-37-17-7-12-22-48-68(94)89-63(43-28-34-54-79)73(99)85-59-39-19-9-14-24-49-69(95)90-64(44-29-35-55-80)74(100)84-58-38-18-8-13-23-47-67(93)88-62(42-27-33-53-78)72(98)82-56-36-16-6-11-21-45-65(91)86-60(70(81)96)40-25-31-51-76/h60-64H,1-59,75-80H2,(H2,81,96)(H,82,98)(H,83,97)(H,84,100)(H,85,99)(H,86,91)(H,87,92)(H,88,93)(H,89,94)(H,90,95)/t60-,61-,62-,63-,64-/m0/s1. The van der Waals surface area contributed by atoms with Gasteiger partial charge in [0, 0.05) is 58.3 Å². The van der Waals surface area contributed by atoms with Crippen molar-refractivity contribution in [2.45, 2.75) is 345 Å². The fourth-order valence-corrected chi connectivity index (χ4v) is 11.9. The van der Waals surface area contributed by atoms with Gasteiger partial charge in [0.2, 0.25) is 59.1 Å². The highest BCUT2D eigenvalue weighted by Gasteiger charge is 2.25. The van der Waals surface area contributed by atoms with Crippen LogP contribution in [0, 0.1) is 0 Å². The van der Waals surface area contributed by atoms with Crippen LogP contribution < -0.4 is 88.0 Å². The SMILES string of the molecule is NCCCCCCCCCCCC(=O)N[C@@H](CCCCN)C(=O)NCCCCCCCC(=O)N[C@@H](CCCCN)C(=O)NCCCCCCCC(=O)N[C@@H](CCCCN)C(=O)NCCCCCCCC(=O)N[C@@H](CCCCN)C(=O)NCCCCCCCC(=O)N[C@@H](CCCCN)C(N)=O. The van der Waals surface area contributed by atoms with Gasteiger partial charge in [0.05, 0.1) is 0 Å². The molecule has 0 spiro atoms. The van der Waals surface area contributed by atoms with Crippen molar-refractivity contribution in [2.75, 3.05) is 65.4 Å². The lowest BCUT2D eigenvalue weighted by Gasteiger charge is -2.19. The van der Waals surface area contributed by atoms with Crippen molar-refractivity contribution in [1.29, 1.82) is 0 Å². The van der Waals surface area contributed by atoms with E-state index >= 15 is 0 Å². The minimum absolute atomic E-state index is 0.0809. The van der Waals surface area contributed by atoms with Crippen molar-refractivity contribution in [2.24, 2.45) is 40.1 Å². The molecule has 0 aliphatic rings. The zero-order valence-electron chi connectivity index (χ0n) is 62.2. The van der Waals surface area contributed by atoms with Gasteiger partial charge < -0.3 is 88.0 Å². The van der Waals surface area contributed by atoms with Crippen molar-refractivity contribution in [3.05, 3.63) is 0 Å². The van der Waals surface area contributed by atoms with Gasteiger partial charge in [0.25, 0.3) is 0 Å². The second-order valence-corrected chi connectivity index (χ2v) is 27.4. The summed E-state index contributed by atoms with van der Waals surface area (Å²) in [7, 11) is 0. The van der Waals surface area contributed by atoms with E-state index in [0.29, 0.717) is 174 Å². The minimum Gasteiger partial charge on any atom is -0.368 e. The van der Waals surface area contributed by atoms with E-state index in [1.807, 2.05) is 0 Å². The van der Waals surface area contributed by atoms with Crippen LogP contribution in [0.3, 0.4) is 0 Å². The topological polar surface area (TPSA) is 461 Å². The molecule has 0 aliphatic heterocycles. The number of amides is 10. The van der Waals surface area contributed by atoms with Gasteiger partial charge in [-0.05, 0) is 200 Å². The van der Waals surface area contributed by atoms with Crippen LogP contribution in [0.25, 0.3) is 0 Å². The highest BCUT2D eigenvalue weighted by atomic mass is 16.2. The smallest absolute Gasteiger partial charge is 0.242 e. The van der Waals surface area contributed by atoms with E-state index in [1.165, 1.54) is 32.1 Å². The summed E-state index contributed by atoms with van der Waals surface area (Å²) in [4.78, 5) is 129. The quantitative estimate of drug-likeness (QED) is 0.0300. The van der Waals surface area contributed by atoms with Gasteiger partial charge in [-0.15, -0.1) is 0 Å². The van der Waals surface area contributed by atoms with Gasteiger partial charge >= 0.3 is 0 Å². The molecule has 5 atom stereocenters. The van der Waals surface area contributed by atoms with Gasteiger partial charge in [0.1, 0.15) is 30.2 Å².